The molecule has 0 spiro atoms. The topological polar surface area (TPSA) is 135 Å². The van der Waals surface area contributed by atoms with Gasteiger partial charge in [-0.05, 0) is 17.2 Å². The fraction of sp³-hybridized carbons (Fsp3) is 0.136. The van der Waals surface area contributed by atoms with Crippen LogP contribution in [0, 0.1) is 22.7 Å². The zero-order chi connectivity index (χ0) is 24.4. The first-order valence-electron chi connectivity index (χ1n) is 9.27. The molecule has 3 aromatic rings. The van der Waals surface area contributed by atoms with E-state index in [2.05, 4.69) is 32.7 Å². The molecule has 0 saturated heterocycles. The molecular formula is C22H17F3N6O2. The van der Waals surface area contributed by atoms with Crippen molar-refractivity contribution >= 4 is 17.6 Å². The Morgan fingerprint density at radius 2 is 1.67 bits per heavy atom. The van der Waals surface area contributed by atoms with Crippen LogP contribution in [0.25, 0.3) is 11.1 Å². The minimum Gasteiger partial charge on any atom is -0.475 e. The van der Waals surface area contributed by atoms with Crippen molar-refractivity contribution in [1.82, 2.24) is 9.97 Å². The maximum atomic E-state index is 10.6. The van der Waals surface area contributed by atoms with Crippen molar-refractivity contribution in [3.05, 3.63) is 71.5 Å². The highest BCUT2D eigenvalue weighted by molar-refractivity contribution is 5.85. The molecule has 0 aliphatic rings. The standard InChI is InChI=1S/C20H16N6.C2HF3O2/c1-23-19-16(10-21)18(15-7-3-2-4-8-15)17(11-22)20(26-19)25-13-14-6-5-9-24-12-14;3-2(4,5)1(6)7/h2-9,12H,13H2,1H3,(H2,23,25,26);(H,6,7). The number of carbonyl (C=O) groups is 1. The summed E-state index contributed by atoms with van der Waals surface area (Å²) in [6.07, 6.45) is -1.63. The summed E-state index contributed by atoms with van der Waals surface area (Å²) in [5, 5.41) is 32.7. The Labute approximate surface area is 187 Å². The van der Waals surface area contributed by atoms with Crippen LogP contribution in [-0.2, 0) is 11.3 Å². The van der Waals surface area contributed by atoms with Gasteiger partial charge >= 0.3 is 12.1 Å². The van der Waals surface area contributed by atoms with Crippen molar-refractivity contribution in [1.29, 1.82) is 10.5 Å². The van der Waals surface area contributed by atoms with Gasteiger partial charge in [-0.25, -0.2) is 9.78 Å². The molecule has 168 valence electrons. The van der Waals surface area contributed by atoms with E-state index in [0.29, 0.717) is 34.9 Å². The molecule has 0 atom stereocenters. The average Bonchev–Trinajstić information content (AvgIpc) is 2.82. The van der Waals surface area contributed by atoms with Crippen LogP contribution in [0.2, 0.25) is 0 Å². The average molecular weight is 454 g/mol. The number of aromatic nitrogens is 2. The molecule has 2 aromatic heterocycles. The second-order valence-corrected chi connectivity index (χ2v) is 6.29. The highest BCUT2D eigenvalue weighted by Gasteiger charge is 2.38. The minimum atomic E-state index is -5.08. The summed E-state index contributed by atoms with van der Waals surface area (Å²) in [6, 6.07) is 17.6. The summed E-state index contributed by atoms with van der Waals surface area (Å²) in [6.45, 7) is 0.471. The number of carboxylic acid groups (broad SMARTS) is 1. The lowest BCUT2D eigenvalue weighted by Gasteiger charge is -2.16. The number of pyridine rings is 2. The van der Waals surface area contributed by atoms with E-state index in [-0.39, 0.29) is 0 Å². The Balaban J connectivity index is 0.000000479. The third-order valence-corrected chi connectivity index (χ3v) is 4.15. The number of aliphatic carboxylic acids is 1. The molecule has 0 bridgehead atoms. The van der Waals surface area contributed by atoms with E-state index in [4.69, 9.17) is 9.90 Å². The lowest BCUT2D eigenvalue weighted by molar-refractivity contribution is -0.192. The van der Waals surface area contributed by atoms with E-state index >= 15 is 0 Å². The van der Waals surface area contributed by atoms with Gasteiger partial charge in [0.1, 0.15) is 34.9 Å². The van der Waals surface area contributed by atoms with E-state index in [0.717, 1.165) is 11.1 Å². The second-order valence-electron chi connectivity index (χ2n) is 6.29. The van der Waals surface area contributed by atoms with Crippen molar-refractivity contribution in [3.63, 3.8) is 0 Å². The van der Waals surface area contributed by atoms with Crippen LogP contribution < -0.4 is 10.6 Å². The normalized spacial score (nSPS) is 10.1. The lowest BCUT2D eigenvalue weighted by atomic mass is 9.96. The molecule has 0 fully saturated rings. The van der Waals surface area contributed by atoms with E-state index in [1.54, 1.807) is 19.4 Å². The first kappa shape index (κ1) is 24.6. The number of anilines is 2. The van der Waals surface area contributed by atoms with Crippen molar-refractivity contribution in [3.8, 4) is 23.3 Å². The molecule has 3 N–H and O–H groups in total. The number of halogens is 3. The van der Waals surface area contributed by atoms with Gasteiger partial charge in [-0.3, -0.25) is 4.98 Å². The molecule has 8 nitrogen and oxygen atoms in total. The van der Waals surface area contributed by atoms with E-state index in [9.17, 15) is 23.7 Å². The molecule has 0 radical (unpaired) electrons. The zero-order valence-corrected chi connectivity index (χ0v) is 17.2. The Kier molecular flexibility index (Phi) is 8.29. The van der Waals surface area contributed by atoms with E-state index < -0.39 is 12.1 Å². The summed E-state index contributed by atoms with van der Waals surface area (Å²) in [7, 11) is 1.70. The summed E-state index contributed by atoms with van der Waals surface area (Å²) < 4.78 is 31.7. The SMILES string of the molecule is CNc1nc(NCc2cccnc2)c(C#N)c(-c2ccccc2)c1C#N.O=C(O)C(F)(F)F. The Bertz CT molecular complexity index is 1190. The van der Waals surface area contributed by atoms with Gasteiger partial charge in [-0.15, -0.1) is 0 Å². The van der Waals surface area contributed by atoms with Gasteiger partial charge in [0.2, 0.25) is 0 Å². The number of rotatable bonds is 5. The number of nitriles is 2. The third kappa shape index (κ3) is 6.42. The number of nitrogens with zero attached hydrogens (tertiary/aromatic N) is 4. The fourth-order valence-corrected chi connectivity index (χ4v) is 2.69. The molecule has 3 rings (SSSR count). The van der Waals surface area contributed by atoms with E-state index in [1.807, 2.05) is 42.5 Å². The molecule has 11 heteroatoms. The van der Waals surface area contributed by atoms with Crippen molar-refractivity contribution in [2.24, 2.45) is 0 Å². The number of hydrogen-bond donors (Lipinski definition) is 3. The Morgan fingerprint density at radius 3 is 2.15 bits per heavy atom. The van der Waals surface area contributed by atoms with Crippen molar-refractivity contribution in [2.75, 3.05) is 17.7 Å². The largest absolute Gasteiger partial charge is 0.490 e. The third-order valence-electron chi connectivity index (χ3n) is 4.15. The molecule has 0 aliphatic carbocycles. The summed E-state index contributed by atoms with van der Waals surface area (Å²) in [4.78, 5) is 17.4. The van der Waals surface area contributed by atoms with Gasteiger partial charge in [0.15, 0.2) is 0 Å². The van der Waals surface area contributed by atoms with Crippen molar-refractivity contribution in [2.45, 2.75) is 12.7 Å². The summed E-state index contributed by atoms with van der Waals surface area (Å²) in [5.41, 5.74) is 3.03. The van der Waals surface area contributed by atoms with Gasteiger partial charge in [-0.2, -0.15) is 23.7 Å². The predicted molar refractivity (Wildman–Crippen MR) is 114 cm³/mol. The summed E-state index contributed by atoms with van der Waals surface area (Å²) in [5.74, 6) is -1.90. The number of alkyl halides is 3. The van der Waals surface area contributed by atoms with Crippen LogP contribution in [0.15, 0.2) is 54.9 Å². The maximum Gasteiger partial charge on any atom is 0.490 e. The van der Waals surface area contributed by atoms with E-state index in [1.165, 1.54) is 0 Å². The first-order valence-corrected chi connectivity index (χ1v) is 9.27. The Hall–Kier alpha value is -4.64. The fourth-order valence-electron chi connectivity index (χ4n) is 2.69. The number of benzene rings is 1. The smallest absolute Gasteiger partial charge is 0.475 e. The molecule has 1 aromatic carbocycles. The molecule has 0 amide bonds. The molecule has 2 heterocycles. The van der Waals surface area contributed by atoms with Gasteiger partial charge in [-0.1, -0.05) is 36.4 Å². The van der Waals surface area contributed by atoms with Gasteiger partial charge in [0.05, 0.1) is 0 Å². The van der Waals surface area contributed by atoms with Crippen molar-refractivity contribution < 1.29 is 23.1 Å². The van der Waals surface area contributed by atoms with Gasteiger partial charge in [0.25, 0.3) is 0 Å². The van der Waals surface area contributed by atoms with Crippen LogP contribution >= 0.6 is 0 Å². The highest BCUT2D eigenvalue weighted by Crippen LogP contribution is 2.34. The number of hydrogen-bond acceptors (Lipinski definition) is 7. The minimum absolute atomic E-state index is 0.343. The predicted octanol–water partition coefficient (Wildman–Crippen LogP) is 4.17. The van der Waals surface area contributed by atoms with Gasteiger partial charge < -0.3 is 15.7 Å². The highest BCUT2D eigenvalue weighted by atomic mass is 19.4. The van der Waals surface area contributed by atoms with Crippen LogP contribution in [0.1, 0.15) is 16.7 Å². The first-order chi connectivity index (χ1) is 15.7. The Morgan fingerprint density at radius 1 is 1.06 bits per heavy atom. The number of nitrogens with one attached hydrogen (secondary N) is 2. The second kappa shape index (κ2) is 11.1. The zero-order valence-electron chi connectivity index (χ0n) is 17.2. The lowest BCUT2D eigenvalue weighted by Crippen LogP contribution is -2.21. The molecule has 0 aliphatic heterocycles. The van der Waals surface area contributed by atoms with Crippen LogP contribution in [0.3, 0.4) is 0 Å². The quantitative estimate of drug-likeness (QED) is 0.523. The molecular weight excluding hydrogens is 437 g/mol. The monoisotopic (exact) mass is 454 g/mol. The molecule has 0 unspecified atom stereocenters. The summed E-state index contributed by atoms with van der Waals surface area (Å²) >= 11 is 0. The van der Waals surface area contributed by atoms with Gasteiger partial charge in [0, 0.05) is 31.5 Å². The van der Waals surface area contributed by atoms with Crippen LogP contribution in [-0.4, -0.2) is 34.3 Å². The maximum absolute atomic E-state index is 10.6. The number of carboxylic acids is 1. The van der Waals surface area contributed by atoms with Crippen LogP contribution in [0.5, 0.6) is 0 Å². The molecule has 33 heavy (non-hydrogen) atoms. The van der Waals surface area contributed by atoms with Crippen LogP contribution in [0.4, 0.5) is 24.8 Å². The molecule has 0 saturated carbocycles.